The van der Waals surface area contributed by atoms with Crippen LogP contribution in [0.1, 0.15) is 52.9 Å². The van der Waals surface area contributed by atoms with Crippen molar-refractivity contribution in [1.82, 2.24) is 0 Å². The number of hydrogen-bond acceptors (Lipinski definition) is 6. The van der Waals surface area contributed by atoms with Gasteiger partial charge in [0.2, 0.25) is 0 Å². The summed E-state index contributed by atoms with van der Waals surface area (Å²) < 4.78 is 16.7. The van der Waals surface area contributed by atoms with E-state index in [0.29, 0.717) is 19.6 Å². The maximum Gasteiger partial charge on any atom is 0.151 e. The summed E-state index contributed by atoms with van der Waals surface area (Å²) in [5, 5.41) is 26.7. The Hall–Kier alpha value is -0.240. The second kappa shape index (κ2) is 13.2. The van der Waals surface area contributed by atoms with E-state index in [2.05, 4.69) is 0 Å². The van der Waals surface area contributed by atoms with Crippen LogP contribution in [0.2, 0.25) is 0 Å². The first-order valence-electron chi connectivity index (χ1n) is 8.17. The Morgan fingerprint density at radius 1 is 0.818 bits per heavy atom. The Morgan fingerprint density at radius 3 is 2.00 bits per heavy atom. The van der Waals surface area contributed by atoms with E-state index in [1.165, 1.54) is 0 Å². The largest absolute Gasteiger partial charge is 0.391 e. The minimum absolute atomic E-state index is 0.0167. The minimum Gasteiger partial charge on any atom is -0.391 e. The topological polar surface area (TPSA) is 88.4 Å². The number of methoxy groups -OCH3 is 1. The van der Waals surface area contributed by atoms with E-state index < -0.39 is 12.4 Å². The van der Waals surface area contributed by atoms with Crippen molar-refractivity contribution < 1.29 is 29.5 Å². The van der Waals surface area contributed by atoms with Gasteiger partial charge in [0.15, 0.2) is 6.29 Å². The summed E-state index contributed by atoms with van der Waals surface area (Å²) >= 11 is 0. The van der Waals surface area contributed by atoms with Gasteiger partial charge in [-0.2, -0.15) is 0 Å². The highest BCUT2D eigenvalue weighted by molar-refractivity contribution is 4.67. The fourth-order valence-electron chi connectivity index (χ4n) is 2.14. The Kier molecular flexibility index (Phi) is 13.1. The van der Waals surface area contributed by atoms with E-state index in [1.54, 1.807) is 14.0 Å². The van der Waals surface area contributed by atoms with Crippen LogP contribution in [0.4, 0.5) is 0 Å². The lowest BCUT2D eigenvalue weighted by Gasteiger charge is -2.25. The molecule has 0 bridgehead atoms. The maximum atomic E-state index is 9.16. The molecule has 0 heterocycles. The number of aliphatic hydroxyl groups is 3. The lowest BCUT2D eigenvalue weighted by atomic mass is 10.1. The number of ether oxygens (including phenoxy) is 3. The Labute approximate surface area is 134 Å². The first kappa shape index (κ1) is 21.8. The third-order valence-corrected chi connectivity index (χ3v) is 3.49. The van der Waals surface area contributed by atoms with Crippen LogP contribution in [0.15, 0.2) is 0 Å². The van der Waals surface area contributed by atoms with Gasteiger partial charge in [-0.15, -0.1) is 0 Å². The molecule has 0 spiro atoms. The fraction of sp³-hybridized carbons (Fsp3) is 1.00. The summed E-state index contributed by atoms with van der Waals surface area (Å²) in [6.45, 7) is 6.35. The van der Waals surface area contributed by atoms with Crippen molar-refractivity contribution in [3.63, 3.8) is 0 Å². The van der Waals surface area contributed by atoms with Crippen LogP contribution >= 0.6 is 0 Å². The molecule has 0 aliphatic heterocycles. The molecule has 0 saturated heterocycles. The molecular weight excluding hydrogens is 288 g/mol. The van der Waals surface area contributed by atoms with Crippen LogP contribution in [-0.4, -0.2) is 66.3 Å². The molecular formula is C16H34O6. The van der Waals surface area contributed by atoms with Crippen molar-refractivity contribution in [3.8, 4) is 0 Å². The van der Waals surface area contributed by atoms with Gasteiger partial charge in [-0.05, 0) is 40.0 Å². The molecule has 0 rings (SSSR count). The lowest BCUT2D eigenvalue weighted by Crippen LogP contribution is -2.31. The molecule has 134 valence electrons. The molecule has 0 aliphatic carbocycles. The molecule has 3 N–H and O–H groups in total. The average Bonchev–Trinajstić information content (AvgIpc) is 2.46. The van der Waals surface area contributed by atoms with Gasteiger partial charge in [-0.1, -0.05) is 12.8 Å². The number of unbranched alkanes of at least 4 members (excludes halogenated alkanes) is 2. The van der Waals surface area contributed by atoms with Crippen LogP contribution in [0.25, 0.3) is 0 Å². The normalized spacial score (nSPS) is 17.5. The third-order valence-electron chi connectivity index (χ3n) is 3.49. The van der Waals surface area contributed by atoms with Crippen LogP contribution in [0.5, 0.6) is 0 Å². The van der Waals surface area contributed by atoms with Crippen LogP contribution < -0.4 is 0 Å². The summed E-state index contributed by atoms with van der Waals surface area (Å²) in [6, 6.07) is 0. The lowest BCUT2D eigenvalue weighted by molar-refractivity contribution is -0.0918. The summed E-state index contributed by atoms with van der Waals surface area (Å²) in [5.74, 6) is 0. The van der Waals surface area contributed by atoms with E-state index in [9.17, 15) is 0 Å². The third kappa shape index (κ3) is 12.3. The zero-order valence-electron chi connectivity index (χ0n) is 14.4. The van der Waals surface area contributed by atoms with Gasteiger partial charge in [0.1, 0.15) is 0 Å². The molecule has 0 radical (unpaired) electrons. The van der Waals surface area contributed by atoms with E-state index in [4.69, 9.17) is 29.5 Å². The minimum atomic E-state index is -1.20. The van der Waals surface area contributed by atoms with Crippen LogP contribution in [0.3, 0.4) is 0 Å². The van der Waals surface area contributed by atoms with Crippen molar-refractivity contribution in [2.45, 2.75) is 83.6 Å². The van der Waals surface area contributed by atoms with Crippen molar-refractivity contribution in [1.29, 1.82) is 0 Å². The first-order valence-corrected chi connectivity index (χ1v) is 8.17. The highest BCUT2D eigenvalue weighted by Gasteiger charge is 2.18. The standard InChI is InChI=1S/C16H34O6/c1-12(17)10-21-13(2)11-22-14(3)15(20-4)8-6-5-7-9-16(18)19/h12-19H,5-11H2,1-4H3. The summed E-state index contributed by atoms with van der Waals surface area (Å²) in [5.41, 5.74) is 0. The molecule has 0 aromatic rings. The van der Waals surface area contributed by atoms with Crippen LogP contribution in [0, 0.1) is 0 Å². The van der Waals surface area contributed by atoms with E-state index in [-0.39, 0.29) is 18.3 Å². The molecule has 6 nitrogen and oxygen atoms in total. The molecule has 4 unspecified atom stereocenters. The molecule has 0 fully saturated rings. The molecule has 0 aromatic heterocycles. The number of aliphatic hydroxyl groups excluding tert-OH is 2. The highest BCUT2D eigenvalue weighted by Crippen LogP contribution is 2.14. The van der Waals surface area contributed by atoms with Crippen molar-refractivity contribution in [3.05, 3.63) is 0 Å². The smallest absolute Gasteiger partial charge is 0.151 e. The highest BCUT2D eigenvalue weighted by atomic mass is 16.6. The SMILES string of the molecule is COC(CCCCCC(O)O)C(C)OCC(C)OCC(C)O. The van der Waals surface area contributed by atoms with Gasteiger partial charge < -0.3 is 29.5 Å². The predicted octanol–water partition coefficient (Wildman–Crippen LogP) is 1.45. The summed E-state index contributed by atoms with van der Waals surface area (Å²) in [7, 11) is 1.68. The number of rotatable bonds is 14. The Bertz CT molecular complexity index is 247. The molecule has 0 aliphatic rings. The van der Waals surface area contributed by atoms with Crippen molar-refractivity contribution in [2.24, 2.45) is 0 Å². The van der Waals surface area contributed by atoms with E-state index >= 15 is 0 Å². The van der Waals surface area contributed by atoms with Crippen molar-refractivity contribution in [2.75, 3.05) is 20.3 Å². The van der Waals surface area contributed by atoms with Gasteiger partial charge in [0, 0.05) is 7.11 Å². The molecule has 0 amide bonds. The molecule has 22 heavy (non-hydrogen) atoms. The monoisotopic (exact) mass is 322 g/mol. The van der Waals surface area contributed by atoms with Gasteiger partial charge in [0.25, 0.3) is 0 Å². The fourth-order valence-corrected chi connectivity index (χ4v) is 2.14. The van der Waals surface area contributed by atoms with Crippen LogP contribution in [-0.2, 0) is 14.2 Å². The first-order chi connectivity index (χ1) is 10.4. The Morgan fingerprint density at radius 2 is 1.45 bits per heavy atom. The molecule has 4 atom stereocenters. The van der Waals surface area contributed by atoms with Gasteiger partial charge in [-0.25, -0.2) is 0 Å². The molecule has 0 aromatic carbocycles. The van der Waals surface area contributed by atoms with E-state index in [0.717, 1.165) is 25.7 Å². The summed E-state index contributed by atoms with van der Waals surface area (Å²) in [6.07, 6.45) is 2.24. The zero-order chi connectivity index (χ0) is 17.0. The van der Waals surface area contributed by atoms with Gasteiger partial charge in [-0.3, -0.25) is 0 Å². The van der Waals surface area contributed by atoms with E-state index in [1.807, 2.05) is 13.8 Å². The molecule has 6 heteroatoms. The maximum absolute atomic E-state index is 9.16. The average molecular weight is 322 g/mol. The Balaban J connectivity index is 3.81. The second-order valence-electron chi connectivity index (χ2n) is 5.92. The van der Waals surface area contributed by atoms with Gasteiger partial charge in [0.05, 0.1) is 37.6 Å². The predicted molar refractivity (Wildman–Crippen MR) is 84.6 cm³/mol. The zero-order valence-corrected chi connectivity index (χ0v) is 14.4. The van der Waals surface area contributed by atoms with Crippen molar-refractivity contribution >= 4 is 0 Å². The van der Waals surface area contributed by atoms with Gasteiger partial charge >= 0.3 is 0 Å². The number of hydrogen-bond donors (Lipinski definition) is 3. The molecule has 0 saturated carbocycles. The summed E-state index contributed by atoms with van der Waals surface area (Å²) in [4.78, 5) is 0. The second-order valence-corrected chi connectivity index (χ2v) is 5.92. The quantitative estimate of drug-likeness (QED) is 0.331.